The first kappa shape index (κ1) is 23.9. The van der Waals surface area contributed by atoms with Gasteiger partial charge in [0.2, 0.25) is 0 Å². The highest BCUT2D eigenvalue weighted by atomic mass is 127. The maximum atomic E-state index is 9.20. The van der Waals surface area contributed by atoms with Gasteiger partial charge in [0, 0.05) is 52.4 Å². The number of aliphatic hydroxyl groups is 1. The van der Waals surface area contributed by atoms with Crippen molar-refractivity contribution in [3.05, 3.63) is 0 Å². The number of nitrogens with zero attached hydrogens (tertiary/aromatic N) is 3. The molecular weight excluding hydrogens is 415 g/mol. The molecule has 1 fully saturated rings. The molecule has 0 radical (unpaired) electrons. The Bertz CT molecular complexity index is 325. The van der Waals surface area contributed by atoms with Gasteiger partial charge in [0.15, 0.2) is 5.96 Å². The van der Waals surface area contributed by atoms with Crippen molar-refractivity contribution in [3.63, 3.8) is 0 Å². The Balaban J connectivity index is 0.00000529. The van der Waals surface area contributed by atoms with Crippen molar-refractivity contribution in [2.24, 2.45) is 16.8 Å². The van der Waals surface area contributed by atoms with Crippen molar-refractivity contribution in [2.75, 3.05) is 52.4 Å². The van der Waals surface area contributed by atoms with Crippen LogP contribution in [0.3, 0.4) is 0 Å². The average molecular weight is 454 g/mol. The van der Waals surface area contributed by atoms with Crippen LogP contribution < -0.4 is 5.32 Å². The zero-order chi connectivity index (χ0) is 17.1. The van der Waals surface area contributed by atoms with E-state index in [1.54, 1.807) is 0 Å². The lowest BCUT2D eigenvalue weighted by Gasteiger charge is -2.37. The minimum Gasteiger partial charge on any atom is -0.396 e. The molecule has 0 spiro atoms. The molecule has 0 aliphatic carbocycles. The summed E-state index contributed by atoms with van der Waals surface area (Å²) in [5.74, 6) is 2.29. The Labute approximate surface area is 166 Å². The van der Waals surface area contributed by atoms with Gasteiger partial charge in [-0.2, -0.15) is 0 Å². The molecular formula is C18H39IN4O. The van der Waals surface area contributed by atoms with E-state index in [2.05, 4.69) is 42.8 Å². The average Bonchev–Trinajstić information content (AvgIpc) is 2.52. The molecule has 24 heavy (non-hydrogen) atoms. The summed E-state index contributed by atoms with van der Waals surface area (Å²) in [5, 5.41) is 12.6. The summed E-state index contributed by atoms with van der Waals surface area (Å²) < 4.78 is 0. The van der Waals surface area contributed by atoms with Gasteiger partial charge in [0.1, 0.15) is 0 Å². The molecule has 0 bridgehead atoms. The lowest BCUT2D eigenvalue weighted by Crippen LogP contribution is -2.53. The fourth-order valence-corrected chi connectivity index (χ4v) is 3.22. The van der Waals surface area contributed by atoms with Gasteiger partial charge in [0.25, 0.3) is 0 Å². The van der Waals surface area contributed by atoms with E-state index in [9.17, 15) is 5.11 Å². The summed E-state index contributed by atoms with van der Waals surface area (Å²) in [5.41, 5.74) is 0. The Kier molecular flexibility index (Phi) is 14.1. The lowest BCUT2D eigenvalue weighted by atomic mass is 10.0. The van der Waals surface area contributed by atoms with E-state index in [0.717, 1.165) is 70.4 Å². The highest BCUT2D eigenvalue weighted by Crippen LogP contribution is 2.12. The number of aliphatic hydroxyl groups excluding tert-OH is 1. The van der Waals surface area contributed by atoms with E-state index >= 15 is 0 Å². The van der Waals surface area contributed by atoms with Crippen LogP contribution in [-0.2, 0) is 0 Å². The molecule has 144 valence electrons. The first-order valence-corrected chi connectivity index (χ1v) is 9.47. The van der Waals surface area contributed by atoms with Crippen molar-refractivity contribution < 1.29 is 5.11 Å². The van der Waals surface area contributed by atoms with Crippen LogP contribution in [0, 0.1) is 11.8 Å². The second-order valence-corrected chi connectivity index (χ2v) is 7.04. The number of piperazine rings is 1. The molecule has 0 aromatic carbocycles. The predicted molar refractivity (Wildman–Crippen MR) is 114 cm³/mol. The molecule has 1 rings (SSSR count). The van der Waals surface area contributed by atoms with Gasteiger partial charge < -0.3 is 15.3 Å². The van der Waals surface area contributed by atoms with E-state index in [-0.39, 0.29) is 30.6 Å². The Morgan fingerprint density at radius 3 is 2.29 bits per heavy atom. The van der Waals surface area contributed by atoms with Crippen LogP contribution >= 0.6 is 24.0 Å². The second-order valence-electron chi connectivity index (χ2n) is 7.04. The zero-order valence-electron chi connectivity index (χ0n) is 16.1. The van der Waals surface area contributed by atoms with Crippen molar-refractivity contribution in [2.45, 2.75) is 47.0 Å². The van der Waals surface area contributed by atoms with E-state index in [1.165, 1.54) is 6.54 Å². The highest BCUT2D eigenvalue weighted by Gasteiger charge is 2.20. The number of aliphatic imine (C=N–C) groups is 1. The molecule has 1 saturated heterocycles. The van der Waals surface area contributed by atoms with Gasteiger partial charge in [-0.25, -0.2) is 0 Å². The van der Waals surface area contributed by atoms with Gasteiger partial charge in [-0.1, -0.05) is 27.2 Å². The fraction of sp³-hybridized carbons (Fsp3) is 0.944. The third-order valence-corrected chi connectivity index (χ3v) is 4.36. The maximum Gasteiger partial charge on any atom is 0.194 e. The van der Waals surface area contributed by atoms with Crippen LogP contribution in [0.1, 0.15) is 47.0 Å². The largest absolute Gasteiger partial charge is 0.396 e. The van der Waals surface area contributed by atoms with Crippen LogP contribution in [0.4, 0.5) is 0 Å². The van der Waals surface area contributed by atoms with Crippen molar-refractivity contribution in [3.8, 4) is 0 Å². The maximum absolute atomic E-state index is 9.20. The van der Waals surface area contributed by atoms with Crippen LogP contribution in [0.25, 0.3) is 0 Å². The normalized spacial score (nSPS) is 17.8. The predicted octanol–water partition coefficient (Wildman–Crippen LogP) is 2.64. The quantitative estimate of drug-likeness (QED) is 0.320. The SMILES string of the molecule is CCCC(CCO)CN=C(NCC)N1CCN(CC(C)C)CC1.I. The van der Waals surface area contributed by atoms with Gasteiger partial charge in [-0.3, -0.25) is 9.89 Å². The van der Waals surface area contributed by atoms with Crippen molar-refractivity contribution in [1.29, 1.82) is 0 Å². The van der Waals surface area contributed by atoms with E-state index in [4.69, 9.17) is 4.99 Å². The summed E-state index contributed by atoms with van der Waals surface area (Å²) in [7, 11) is 0. The first-order chi connectivity index (χ1) is 11.1. The van der Waals surface area contributed by atoms with Crippen LogP contribution in [0.15, 0.2) is 4.99 Å². The number of hydrogen-bond donors (Lipinski definition) is 2. The highest BCUT2D eigenvalue weighted by molar-refractivity contribution is 14.0. The number of hydrogen-bond acceptors (Lipinski definition) is 3. The molecule has 1 unspecified atom stereocenters. The number of halogens is 1. The molecule has 1 atom stereocenters. The summed E-state index contributed by atoms with van der Waals surface area (Å²) in [6.45, 7) is 16.4. The van der Waals surface area contributed by atoms with Gasteiger partial charge in [0.05, 0.1) is 0 Å². The first-order valence-electron chi connectivity index (χ1n) is 9.47. The van der Waals surface area contributed by atoms with E-state index in [0.29, 0.717) is 5.92 Å². The fourth-order valence-electron chi connectivity index (χ4n) is 3.22. The monoisotopic (exact) mass is 454 g/mol. The third kappa shape index (κ3) is 9.42. The molecule has 1 aliphatic rings. The molecule has 2 N–H and O–H groups in total. The van der Waals surface area contributed by atoms with Gasteiger partial charge >= 0.3 is 0 Å². The molecule has 0 aromatic rings. The smallest absolute Gasteiger partial charge is 0.194 e. The standard InChI is InChI=1S/C18H38N4O.HI/c1-5-7-17(8-13-23)14-20-18(19-6-2)22-11-9-21(10-12-22)15-16(3)4;/h16-17,23H,5-15H2,1-4H3,(H,19,20);1H. The molecule has 5 nitrogen and oxygen atoms in total. The van der Waals surface area contributed by atoms with Gasteiger partial charge in [-0.05, 0) is 31.6 Å². The van der Waals surface area contributed by atoms with Crippen LogP contribution in [-0.4, -0.2) is 73.3 Å². The van der Waals surface area contributed by atoms with E-state index in [1.807, 2.05) is 0 Å². The summed E-state index contributed by atoms with van der Waals surface area (Å²) >= 11 is 0. The molecule has 0 saturated carbocycles. The van der Waals surface area contributed by atoms with Crippen molar-refractivity contribution in [1.82, 2.24) is 15.1 Å². The second kappa shape index (κ2) is 14.1. The topological polar surface area (TPSA) is 51.1 Å². The van der Waals surface area contributed by atoms with Crippen LogP contribution in [0.2, 0.25) is 0 Å². The number of nitrogens with one attached hydrogen (secondary N) is 1. The molecule has 0 amide bonds. The number of rotatable bonds is 9. The molecule has 0 aromatic heterocycles. The zero-order valence-corrected chi connectivity index (χ0v) is 18.5. The summed E-state index contributed by atoms with van der Waals surface area (Å²) in [6.07, 6.45) is 3.16. The summed E-state index contributed by atoms with van der Waals surface area (Å²) in [4.78, 5) is 9.81. The minimum absolute atomic E-state index is 0. The van der Waals surface area contributed by atoms with Crippen LogP contribution in [0.5, 0.6) is 0 Å². The number of guanidine groups is 1. The Morgan fingerprint density at radius 2 is 1.79 bits per heavy atom. The third-order valence-electron chi connectivity index (χ3n) is 4.36. The summed E-state index contributed by atoms with van der Waals surface area (Å²) in [6, 6.07) is 0. The Hall–Kier alpha value is -0.0800. The lowest BCUT2D eigenvalue weighted by molar-refractivity contribution is 0.163. The van der Waals surface area contributed by atoms with E-state index < -0.39 is 0 Å². The Morgan fingerprint density at radius 1 is 1.12 bits per heavy atom. The molecule has 1 heterocycles. The molecule has 6 heteroatoms. The van der Waals surface area contributed by atoms with Gasteiger partial charge in [-0.15, -0.1) is 24.0 Å². The van der Waals surface area contributed by atoms with Crippen molar-refractivity contribution >= 4 is 29.9 Å². The molecule has 1 aliphatic heterocycles. The minimum atomic E-state index is 0.